The van der Waals surface area contributed by atoms with E-state index in [1.807, 2.05) is 24.5 Å². The Morgan fingerprint density at radius 3 is 1.76 bits per heavy atom. The second kappa shape index (κ2) is 7.35. The van der Waals surface area contributed by atoms with Crippen LogP contribution in [0.5, 0.6) is 0 Å². The molecule has 2 aromatic heterocycles. The third-order valence-electron chi connectivity index (χ3n) is 3.83. The molecule has 0 aromatic carbocycles. The summed E-state index contributed by atoms with van der Waals surface area (Å²) in [6, 6.07) is 4.09. The van der Waals surface area contributed by atoms with Crippen LogP contribution in [0, 0.1) is 0 Å². The monoisotopic (exact) mass is 289 g/mol. The topological polar surface area (TPSA) is 75.9 Å². The molecule has 3 heterocycles. The fraction of sp³-hybridized carbons (Fsp3) is 0.571. The maximum absolute atomic E-state index is 4.25. The third kappa shape index (κ3) is 4.38. The molecule has 0 aliphatic carbocycles. The molecule has 7 heteroatoms. The van der Waals surface area contributed by atoms with Crippen molar-refractivity contribution in [3.05, 3.63) is 35.9 Å². The van der Waals surface area contributed by atoms with Crippen LogP contribution >= 0.6 is 0 Å². The lowest BCUT2D eigenvalue weighted by Crippen LogP contribution is -2.35. The van der Waals surface area contributed by atoms with E-state index in [9.17, 15) is 0 Å². The molecule has 1 aliphatic heterocycles. The zero-order chi connectivity index (χ0) is 14.3. The summed E-state index contributed by atoms with van der Waals surface area (Å²) in [6.45, 7) is 8.09. The van der Waals surface area contributed by atoms with E-state index in [4.69, 9.17) is 0 Å². The maximum Gasteiger partial charge on any atom is 0.0762 e. The van der Waals surface area contributed by atoms with Crippen molar-refractivity contribution >= 4 is 0 Å². The first kappa shape index (κ1) is 14.2. The molecule has 1 aliphatic rings. The van der Waals surface area contributed by atoms with E-state index >= 15 is 0 Å². The molecular formula is C14H23N7. The van der Waals surface area contributed by atoms with Gasteiger partial charge in [-0.05, 0) is 12.1 Å². The number of aromatic amines is 2. The van der Waals surface area contributed by atoms with Gasteiger partial charge >= 0.3 is 0 Å². The minimum Gasteiger partial charge on any atom is -0.314 e. The van der Waals surface area contributed by atoms with Gasteiger partial charge in [0.15, 0.2) is 0 Å². The molecule has 114 valence electrons. The van der Waals surface area contributed by atoms with Crippen LogP contribution in [0.25, 0.3) is 0 Å². The Labute approximate surface area is 124 Å². The third-order valence-corrected chi connectivity index (χ3v) is 3.83. The predicted octanol–water partition coefficient (Wildman–Crippen LogP) is 0.0402. The first-order chi connectivity index (χ1) is 10.4. The van der Waals surface area contributed by atoms with Gasteiger partial charge < -0.3 is 5.32 Å². The number of aromatic nitrogens is 4. The van der Waals surface area contributed by atoms with Crippen LogP contribution in [-0.4, -0.2) is 69.5 Å². The fourth-order valence-corrected chi connectivity index (χ4v) is 2.64. The second-order valence-electron chi connectivity index (χ2n) is 5.43. The molecule has 1 fully saturated rings. The average molecular weight is 289 g/mol. The number of nitrogens with zero attached hydrogens (tertiary/aromatic N) is 4. The number of H-pyrrole nitrogens is 2. The Hall–Kier alpha value is -1.70. The van der Waals surface area contributed by atoms with Crippen LogP contribution in [0.4, 0.5) is 0 Å². The molecule has 0 atom stereocenters. The van der Waals surface area contributed by atoms with Gasteiger partial charge in [0, 0.05) is 64.8 Å². The van der Waals surface area contributed by atoms with E-state index in [1.54, 1.807) is 0 Å². The summed E-state index contributed by atoms with van der Waals surface area (Å²) >= 11 is 0. The van der Waals surface area contributed by atoms with Crippen LogP contribution in [0.15, 0.2) is 24.5 Å². The van der Waals surface area contributed by atoms with Crippen molar-refractivity contribution in [2.75, 3.05) is 39.3 Å². The van der Waals surface area contributed by atoms with Crippen molar-refractivity contribution in [2.45, 2.75) is 13.1 Å². The van der Waals surface area contributed by atoms with Crippen LogP contribution in [0.3, 0.4) is 0 Å². The Kier molecular flexibility index (Phi) is 4.99. The van der Waals surface area contributed by atoms with Gasteiger partial charge in [0.1, 0.15) is 0 Å². The predicted molar refractivity (Wildman–Crippen MR) is 80.6 cm³/mol. The van der Waals surface area contributed by atoms with Crippen LogP contribution in [-0.2, 0) is 13.1 Å². The van der Waals surface area contributed by atoms with E-state index in [-0.39, 0.29) is 0 Å². The summed E-state index contributed by atoms with van der Waals surface area (Å²) in [4.78, 5) is 4.90. The first-order valence-corrected chi connectivity index (χ1v) is 7.53. The Balaban J connectivity index is 1.55. The fourth-order valence-electron chi connectivity index (χ4n) is 2.64. The van der Waals surface area contributed by atoms with Crippen molar-refractivity contribution < 1.29 is 0 Å². The summed E-state index contributed by atoms with van der Waals surface area (Å²) in [7, 11) is 0. The van der Waals surface area contributed by atoms with Crippen molar-refractivity contribution in [2.24, 2.45) is 0 Å². The molecule has 0 spiro atoms. The van der Waals surface area contributed by atoms with Crippen molar-refractivity contribution in [3.63, 3.8) is 0 Å². The molecule has 2 aromatic rings. The molecule has 21 heavy (non-hydrogen) atoms. The molecule has 3 rings (SSSR count). The molecule has 0 unspecified atom stereocenters. The highest BCUT2D eigenvalue weighted by Crippen LogP contribution is 2.04. The van der Waals surface area contributed by atoms with E-state index in [1.165, 1.54) is 0 Å². The van der Waals surface area contributed by atoms with Gasteiger partial charge in [-0.15, -0.1) is 0 Å². The average Bonchev–Trinajstić information content (AvgIpc) is 3.16. The molecule has 3 N–H and O–H groups in total. The summed E-state index contributed by atoms with van der Waals surface area (Å²) < 4.78 is 0. The smallest absolute Gasteiger partial charge is 0.0762 e. The van der Waals surface area contributed by atoms with E-state index in [0.717, 1.165) is 63.7 Å². The van der Waals surface area contributed by atoms with Crippen LogP contribution in [0.2, 0.25) is 0 Å². The van der Waals surface area contributed by atoms with E-state index < -0.39 is 0 Å². The van der Waals surface area contributed by atoms with Gasteiger partial charge in [-0.2, -0.15) is 10.2 Å². The minimum absolute atomic E-state index is 0.904. The number of hydrogen-bond acceptors (Lipinski definition) is 5. The summed E-state index contributed by atoms with van der Waals surface area (Å²) in [5.41, 5.74) is 2.21. The Bertz CT molecular complexity index is 447. The highest BCUT2D eigenvalue weighted by atomic mass is 15.2. The zero-order valence-electron chi connectivity index (χ0n) is 12.3. The minimum atomic E-state index is 0.904. The first-order valence-electron chi connectivity index (χ1n) is 7.53. The highest BCUT2D eigenvalue weighted by molar-refractivity contribution is 4.98. The summed E-state index contributed by atoms with van der Waals surface area (Å²) in [5, 5.41) is 17.8. The number of nitrogens with one attached hydrogen (secondary N) is 3. The largest absolute Gasteiger partial charge is 0.314 e. The molecule has 1 saturated heterocycles. The van der Waals surface area contributed by atoms with Gasteiger partial charge in [0.05, 0.1) is 11.4 Å². The Morgan fingerprint density at radius 2 is 1.33 bits per heavy atom. The standard InChI is InChI=1S/C14H23N7/c1-3-16-18-13(1)11-20-7-5-15-6-8-21(10-9-20)12-14-2-4-17-19-14/h1-4,15H,5-12H2,(H,16,18)(H,17,19). The number of rotatable bonds is 4. The lowest BCUT2D eigenvalue weighted by molar-refractivity contribution is 0.207. The van der Waals surface area contributed by atoms with E-state index in [2.05, 4.69) is 35.5 Å². The lowest BCUT2D eigenvalue weighted by atomic mass is 10.3. The lowest BCUT2D eigenvalue weighted by Gasteiger charge is -2.24. The molecule has 7 nitrogen and oxygen atoms in total. The normalized spacial score (nSPS) is 19.0. The molecule has 0 saturated carbocycles. The second-order valence-corrected chi connectivity index (χ2v) is 5.43. The molecule has 0 bridgehead atoms. The number of hydrogen-bond donors (Lipinski definition) is 3. The van der Waals surface area contributed by atoms with Gasteiger partial charge in [-0.1, -0.05) is 0 Å². The van der Waals surface area contributed by atoms with E-state index in [0.29, 0.717) is 0 Å². The van der Waals surface area contributed by atoms with Crippen molar-refractivity contribution in [1.82, 2.24) is 35.5 Å². The van der Waals surface area contributed by atoms with Crippen LogP contribution < -0.4 is 5.32 Å². The molecule has 0 radical (unpaired) electrons. The van der Waals surface area contributed by atoms with Gasteiger partial charge in [-0.3, -0.25) is 20.0 Å². The quantitative estimate of drug-likeness (QED) is 0.741. The molecule has 0 amide bonds. The van der Waals surface area contributed by atoms with Crippen molar-refractivity contribution in [3.8, 4) is 0 Å². The van der Waals surface area contributed by atoms with Gasteiger partial charge in [0.25, 0.3) is 0 Å². The SMILES string of the molecule is c1cc(CN2CCNCCN(Cc3cc[nH]n3)CC2)n[nH]1. The highest BCUT2D eigenvalue weighted by Gasteiger charge is 2.14. The summed E-state index contributed by atoms with van der Waals surface area (Å²) in [5.74, 6) is 0. The van der Waals surface area contributed by atoms with Crippen molar-refractivity contribution in [1.29, 1.82) is 0 Å². The maximum atomic E-state index is 4.25. The summed E-state index contributed by atoms with van der Waals surface area (Å²) in [6.07, 6.45) is 3.77. The molecular weight excluding hydrogens is 266 g/mol. The van der Waals surface area contributed by atoms with Gasteiger partial charge in [-0.25, -0.2) is 0 Å². The Morgan fingerprint density at radius 1 is 0.810 bits per heavy atom. The van der Waals surface area contributed by atoms with Gasteiger partial charge in [0.2, 0.25) is 0 Å². The van der Waals surface area contributed by atoms with Crippen LogP contribution in [0.1, 0.15) is 11.4 Å². The zero-order valence-corrected chi connectivity index (χ0v) is 12.3.